The fourth-order valence-electron chi connectivity index (χ4n) is 2.05. The van der Waals surface area contributed by atoms with Gasteiger partial charge in [0.15, 0.2) is 0 Å². The van der Waals surface area contributed by atoms with Gasteiger partial charge in [0, 0.05) is 17.3 Å². The number of amides is 1. The number of nitrogens with one attached hydrogen (secondary N) is 1. The van der Waals surface area contributed by atoms with Gasteiger partial charge < -0.3 is 14.8 Å². The first-order chi connectivity index (χ1) is 11.5. The summed E-state index contributed by atoms with van der Waals surface area (Å²) in [7, 11) is 0. The first-order valence-electron chi connectivity index (χ1n) is 7.96. The van der Waals surface area contributed by atoms with E-state index in [1.807, 2.05) is 25.1 Å². The van der Waals surface area contributed by atoms with E-state index in [-0.39, 0.29) is 5.91 Å². The van der Waals surface area contributed by atoms with Crippen LogP contribution in [-0.4, -0.2) is 19.1 Å². The SMILES string of the molecule is CCOc1cccc(NC(=O)c2ccc(OCC(C)C)c(Br)c2)c1. The fraction of sp³-hybridized carbons (Fsp3) is 0.316. The van der Waals surface area contributed by atoms with Gasteiger partial charge in [-0.25, -0.2) is 0 Å². The third-order valence-corrected chi connectivity index (χ3v) is 3.79. The summed E-state index contributed by atoms with van der Waals surface area (Å²) in [5.74, 6) is 1.73. The van der Waals surface area contributed by atoms with Crippen LogP contribution in [0.5, 0.6) is 11.5 Å². The van der Waals surface area contributed by atoms with Crippen molar-refractivity contribution in [1.29, 1.82) is 0 Å². The second-order valence-electron chi connectivity index (χ2n) is 5.77. The normalized spacial score (nSPS) is 10.5. The summed E-state index contributed by atoms with van der Waals surface area (Å²) in [6.45, 7) is 7.32. The second-order valence-corrected chi connectivity index (χ2v) is 6.62. The number of carbonyl (C=O) groups excluding carboxylic acids is 1. The number of rotatable bonds is 7. The number of carbonyl (C=O) groups is 1. The zero-order valence-corrected chi connectivity index (χ0v) is 15.7. The maximum absolute atomic E-state index is 12.4. The molecule has 1 amide bonds. The molecule has 0 bridgehead atoms. The predicted molar refractivity (Wildman–Crippen MR) is 100 cm³/mol. The van der Waals surface area contributed by atoms with Crippen LogP contribution in [0.4, 0.5) is 5.69 Å². The molecule has 0 aliphatic rings. The quantitative estimate of drug-likeness (QED) is 0.710. The number of benzene rings is 2. The average Bonchev–Trinajstić information content (AvgIpc) is 2.54. The van der Waals surface area contributed by atoms with Crippen molar-refractivity contribution in [3.8, 4) is 11.5 Å². The highest BCUT2D eigenvalue weighted by atomic mass is 79.9. The number of halogens is 1. The van der Waals surface area contributed by atoms with Gasteiger partial charge in [0.05, 0.1) is 17.7 Å². The zero-order valence-electron chi connectivity index (χ0n) is 14.1. The molecule has 2 rings (SSSR count). The molecule has 24 heavy (non-hydrogen) atoms. The third-order valence-electron chi connectivity index (χ3n) is 3.17. The van der Waals surface area contributed by atoms with E-state index in [1.54, 1.807) is 24.3 Å². The van der Waals surface area contributed by atoms with Crippen molar-refractivity contribution in [2.45, 2.75) is 20.8 Å². The van der Waals surface area contributed by atoms with E-state index in [4.69, 9.17) is 9.47 Å². The maximum Gasteiger partial charge on any atom is 0.255 e. The van der Waals surface area contributed by atoms with Crippen molar-refractivity contribution in [2.75, 3.05) is 18.5 Å². The van der Waals surface area contributed by atoms with Crippen LogP contribution in [0.3, 0.4) is 0 Å². The van der Waals surface area contributed by atoms with Crippen molar-refractivity contribution in [1.82, 2.24) is 0 Å². The van der Waals surface area contributed by atoms with Gasteiger partial charge in [-0.2, -0.15) is 0 Å². The van der Waals surface area contributed by atoms with Gasteiger partial charge in [-0.05, 0) is 59.1 Å². The molecule has 0 unspecified atom stereocenters. The first-order valence-corrected chi connectivity index (χ1v) is 8.75. The van der Waals surface area contributed by atoms with Crippen molar-refractivity contribution in [2.24, 2.45) is 5.92 Å². The summed E-state index contributed by atoms with van der Waals surface area (Å²) >= 11 is 3.46. The van der Waals surface area contributed by atoms with Gasteiger partial charge in [0.25, 0.3) is 5.91 Å². The molecule has 2 aromatic carbocycles. The summed E-state index contributed by atoms with van der Waals surface area (Å²) in [5.41, 5.74) is 1.25. The third kappa shape index (κ3) is 5.27. The minimum Gasteiger partial charge on any atom is -0.494 e. The molecule has 0 spiro atoms. The summed E-state index contributed by atoms with van der Waals surface area (Å²) in [5, 5.41) is 2.87. The number of anilines is 1. The van der Waals surface area contributed by atoms with E-state index in [0.717, 1.165) is 16.0 Å². The lowest BCUT2D eigenvalue weighted by Gasteiger charge is -2.12. The number of ether oxygens (including phenoxy) is 2. The molecule has 5 heteroatoms. The minimum absolute atomic E-state index is 0.181. The highest BCUT2D eigenvalue weighted by Gasteiger charge is 2.10. The molecule has 0 aliphatic heterocycles. The Labute approximate surface area is 151 Å². The van der Waals surface area contributed by atoms with E-state index in [2.05, 4.69) is 35.1 Å². The van der Waals surface area contributed by atoms with E-state index in [9.17, 15) is 4.79 Å². The molecular weight excluding hydrogens is 370 g/mol. The van der Waals surface area contributed by atoms with Crippen LogP contribution >= 0.6 is 15.9 Å². The molecule has 0 saturated carbocycles. The first kappa shape index (κ1) is 18.3. The smallest absolute Gasteiger partial charge is 0.255 e. The summed E-state index contributed by atoms with van der Waals surface area (Å²) < 4.78 is 11.9. The lowest BCUT2D eigenvalue weighted by molar-refractivity contribution is 0.102. The zero-order chi connectivity index (χ0) is 17.5. The van der Waals surface area contributed by atoms with Crippen LogP contribution in [0.1, 0.15) is 31.1 Å². The van der Waals surface area contributed by atoms with Crippen molar-refractivity contribution in [3.63, 3.8) is 0 Å². The van der Waals surface area contributed by atoms with Gasteiger partial charge in [-0.1, -0.05) is 19.9 Å². The molecule has 0 radical (unpaired) electrons. The Bertz CT molecular complexity index is 701. The second kappa shape index (κ2) is 8.73. The molecule has 128 valence electrons. The lowest BCUT2D eigenvalue weighted by Crippen LogP contribution is -2.12. The molecular formula is C19H22BrNO3. The Morgan fingerprint density at radius 2 is 1.96 bits per heavy atom. The molecule has 0 heterocycles. The van der Waals surface area contributed by atoms with Crippen LogP contribution < -0.4 is 14.8 Å². The summed E-state index contributed by atoms with van der Waals surface area (Å²) in [4.78, 5) is 12.4. The molecule has 0 aromatic heterocycles. The molecule has 2 aromatic rings. The Balaban J connectivity index is 2.07. The van der Waals surface area contributed by atoms with Crippen LogP contribution in [0, 0.1) is 5.92 Å². The van der Waals surface area contributed by atoms with E-state index < -0.39 is 0 Å². The Morgan fingerprint density at radius 1 is 1.17 bits per heavy atom. The molecule has 0 fully saturated rings. The molecule has 0 saturated heterocycles. The van der Waals surface area contributed by atoms with Gasteiger partial charge in [-0.15, -0.1) is 0 Å². The van der Waals surface area contributed by atoms with Crippen LogP contribution in [-0.2, 0) is 0 Å². The fourth-order valence-corrected chi connectivity index (χ4v) is 2.54. The van der Waals surface area contributed by atoms with Crippen LogP contribution in [0.25, 0.3) is 0 Å². The Morgan fingerprint density at radius 3 is 2.62 bits per heavy atom. The van der Waals surface area contributed by atoms with Gasteiger partial charge >= 0.3 is 0 Å². The van der Waals surface area contributed by atoms with Crippen molar-refractivity contribution < 1.29 is 14.3 Å². The van der Waals surface area contributed by atoms with Crippen LogP contribution in [0.15, 0.2) is 46.9 Å². The highest BCUT2D eigenvalue weighted by Crippen LogP contribution is 2.27. The van der Waals surface area contributed by atoms with E-state index >= 15 is 0 Å². The topological polar surface area (TPSA) is 47.6 Å². The summed E-state index contributed by atoms with van der Waals surface area (Å²) in [6.07, 6.45) is 0. The van der Waals surface area contributed by atoms with Gasteiger partial charge in [0.1, 0.15) is 11.5 Å². The molecule has 0 aliphatic carbocycles. The van der Waals surface area contributed by atoms with Crippen LogP contribution in [0.2, 0.25) is 0 Å². The van der Waals surface area contributed by atoms with E-state index in [1.165, 1.54) is 0 Å². The lowest BCUT2D eigenvalue weighted by atomic mass is 10.2. The Kier molecular flexibility index (Phi) is 6.67. The highest BCUT2D eigenvalue weighted by molar-refractivity contribution is 9.10. The van der Waals surface area contributed by atoms with Crippen molar-refractivity contribution >= 4 is 27.5 Å². The minimum atomic E-state index is -0.181. The monoisotopic (exact) mass is 391 g/mol. The molecule has 0 atom stereocenters. The predicted octanol–water partition coefficient (Wildman–Crippen LogP) is 5.13. The van der Waals surface area contributed by atoms with Crippen molar-refractivity contribution in [3.05, 3.63) is 52.5 Å². The average molecular weight is 392 g/mol. The largest absolute Gasteiger partial charge is 0.494 e. The number of hydrogen-bond donors (Lipinski definition) is 1. The molecule has 1 N–H and O–H groups in total. The molecule has 4 nitrogen and oxygen atoms in total. The van der Waals surface area contributed by atoms with Gasteiger partial charge in [-0.3, -0.25) is 4.79 Å². The number of hydrogen-bond acceptors (Lipinski definition) is 3. The van der Waals surface area contributed by atoms with E-state index in [0.29, 0.717) is 30.4 Å². The maximum atomic E-state index is 12.4. The van der Waals surface area contributed by atoms with Gasteiger partial charge in [0.2, 0.25) is 0 Å². The standard InChI is InChI=1S/C19H22BrNO3/c1-4-23-16-7-5-6-15(11-16)21-19(22)14-8-9-18(17(20)10-14)24-12-13(2)3/h5-11,13H,4,12H2,1-3H3,(H,21,22). The Hall–Kier alpha value is -2.01. The summed E-state index contributed by atoms with van der Waals surface area (Å²) in [6, 6.07) is 12.7.